The molecule has 148 valence electrons. The Bertz CT molecular complexity index is 1130. The van der Waals surface area contributed by atoms with E-state index in [2.05, 4.69) is 94.5 Å². The van der Waals surface area contributed by atoms with E-state index < -0.39 is 0 Å². The summed E-state index contributed by atoms with van der Waals surface area (Å²) in [5.74, 6) is 0.302. The largest absolute Gasteiger partial charge is 0.251 e. The molecule has 0 aliphatic heterocycles. The van der Waals surface area contributed by atoms with Gasteiger partial charge in [0, 0.05) is 28.1 Å². The number of fused-ring (bicyclic) bond motifs is 3. The van der Waals surface area contributed by atoms with Gasteiger partial charge < -0.3 is 0 Å². The minimum Gasteiger partial charge on any atom is -0.251 e. The standard InChI is InChI=1S/C27H30N2/c1-6-8-10-12-14-22-17-20(4)28-26-23(22)15-16-24-25(18-21(5)29-27(24)26)19(3)13-11-9-7-2/h7-19H,6H2,1-5H3/b9-7-,10-8-,13-11-,14-12+. The Morgan fingerprint density at radius 1 is 0.897 bits per heavy atom. The monoisotopic (exact) mass is 382 g/mol. The van der Waals surface area contributed by atoms with E-state index in [0.29, 0.717) is 5.92 Å². The molecule has 2 aromatic heterocycles. The first kappa shape index (κ1) is 20.7. The second-order valence-electron chi connectivity index (χ2n) is 7.46. The minimum atomic E-state index is 0.302. The molecule has 0 saturated heterocycles. The van der Waals surface area contributed by atoms with Crippen LogP contribution in [0.4, 0.5) is 0 Å². The highest BCUT2D eigenvalue weighted by atomic mass is 14.8. The topological polar surface area (TPSA) is 25.8 Å². The van der Waals surface area contributed by atoms with Crippen molar-refractivity contribution in [3.05, 3.63) is 89.3 Å². The molecule has 3 aromatic rings. The summed E-state index contributed by atoms with van der Waals surface area (Å²) in [4.78, 5) is 9.78. The molecule has 2 heteroatoms. The lowest BCUT2D eigenvalue weighted by molar-refractivity contribution is 0.971. The molecule has 0 radical (unpaired) electrons. The number of nitrogens with zero attached hydrogens (tertiary/aromatic N) is 2. The van der Waals surface area contributed by atoms with E-state index in [1.54, 1.807) is 0 Å². The Balaban J connectivity index is 2.23. The third-order valence-electron chi connectivity index (χ3n) is 5.03. The van der Waals surface area contributed by atoms with Crippen LogP contribution in [0.25, 0.3) is 27.9 Å². The van der Waals surface area contributed by atoms with Crippen LogP contribution < -0.4 is 0 Å². The molecule has 0 N–H and O–H groups in total. The molecule has 3 rings (SSSR count). The Labute approximate surface area is 174 Å². The molecule has 0 bridgehead atoms. The van der Waals surface area contributed by atoms with Gasteiger partial charge in [0.2, 0.25) is 0 Å². The van der Waals surface area contributed by atoms with E-state index in [0.717, 1.165) is 34.2 Å². The van der Waals surface area contributed by atoms with Crippen LogP contribution in [0.15, 0.2) is 66.8 Å². The fourth-order valence-corrected chi connectivity index (χ4v) is 3.63. The van der Waals surface area contributed by atoms with E-state index in [1.165, 1.54) is 16.5 Å². The van der Waals surface area contributed by atoms with Gasteiger partial charge in [0.05, 0.1) is 11.0 Å². The van der Waals surface area contributed by atoms with Crippen LogP contribution in [0.5, 0.6) is 0 Å². The van der Waals surface area contributed by atoms with Gasteiger partial charge in [0.1, 0.15) is 0 Å². The van der Waals surface area contributed by atoms with E-state index >= 15 is 0 Å². The normalized spacial score (nSPS) is 13.8. The molecule has 0 spiro atoms. The van der Waals surface area contributed by atoms with Gasteiger partial charge in [-0.25, -0.2) is 0 Å². The first-order chi connectivity index (χ1) is 14.0. The van der Waals surface area contributed by atoms with Crippen molar-refractivity contribution in [2.45, 2.75) is 47.0 Å². The number of allylic oxidation sites excluding steroid dienone is 7. The van der Waals surface area contributed by atoms with Crippen molar-refractivity contribution in [1.82, 2.24) is 9.97 Å². The minimum absolute atomic E-state index is 0.302. The Hall–Kier alpha value is -3.00. The quantitative estimate of drug-likeness (QED) is 0.324. The molecule has 0 fully saturated rings. The summed E-state index contributed by atoms with van der Waals surface area (Å²) in [5, 5.41) is 2.32. The van der Waals surface area contributed by atoms with Crippen molar-refractivity contribution in [1.29, 1.82) is 0 Å². The molecule has 0 amide bonds. The lowest BCUT2D eigenvalue weighted by Gasteiger charge is -2.14. The van der Waals surface area contributed by atoms with E-state index in [9.17, 15) is 0 Å². The van der Waals surface area contributed by atoms with Gasteiger partial charge in [0.15, 0.2) is 0 Å². The van der Waals surface area contributed by atoms with Crippen LogP contribution in [0, 0.1) is 13.8 Å². The van der Waals surface area contributed by atoms with Crippen LogP contribution in [0.1, 0.15) is 55.6 Å². The Kier molecular flexibility index (Phi) is 6.77. The summed E-state index contributed by atoms with van der Waals surface area (Å²) in [6.07, 6.45) is 18.0. The summed E-state index contributed by atoms with van der Waals surface area (Å²) in [7, 11) is 0. The summed E-state index contributed by atoms with van der Waals surface area (Å²) < 4.78 is 0. The zero-order valence-corrected chi connectivity index (χ0v) is 18.1. The fourth-order valence-electron chi connectivity index (χ4n) is 3.63. The molecular weight excluding hydrogens is 352 g/mol. The highest BCUT2D eigenvalue weighted by Crippen LogP contribution is 2.32. The molecule has 1 aromatic carbocycles. The van der Waals surface area contributed by atoms with Crippen molar-refractivity contribution >= 4 is 27.9 Å². The predicted octanol–water partition coefficient (Wildman–Crippen LogP) is 7.62. The summed E-state index contributed by atoms with van der Waals surface area (Å²) in [6, 6.07) is 8.74. The number of aromatic nitrogens is 2. The highest BCUT2D eigenvalue weighted by molar-refractivity contribution is 6.06. The smallest absolute Gasteiger partial charge is 0.0973 e. The van der Waals surface area contributed by atoms with Gasteiger partial charge in [-0.05, 0) is 50.5 Å². The second-order valence-corrected chi connectivity index (χ2v) is 7.46. The van der Waals surface area contributed by atoms with Gasteiger partial charge in [0.25, 0.3) is 0 Å². The predicted molar refractivity (Wildman–Crippen MR) is 127 cm³/mol. The molecule has 2 nitrogen and oxygen atoms in total. The highest BCUT2D eigenvalue weighted by Gasteiger charge is 2.13. The van der Waals surface area contributed by atoms with E-state index in [-0.39, 0.29) is 0 Å². The fraction of sp³-hybridized carbons (Fsp3) is 0.259. The van der Waals surface area contributed by atoms with Crippen LogP contribution in [0.3, 0.4) is 0 Å². The molecule has 1 unspecified atom stereocenters. The average Bonchev–Trinajstić information content (AvgIpc) is 2.70. The number of aryl methyl sites for hydroxylation is 2. The first-order valence-corrected chi connectivity index (χ1v) is 10.4. The van der Waals surface area contributed by atoms with Crippen molar-refractivity contribution in [3.8, 4) is 0 Å². The second kappa shape index (κ2) is 9.47. The summed E-state index contributed by atoms with van der Waals surface area (Å²) >= 11 is 0. The Morgan fingerprint density at radius 3 is 2.31 bits per heavy atom. The lowest BCUT2D eigenvalue weighted by atomic mass is 9.94. The van der Waals surface area contributed by atoms with Crippen LogP contribution >= 0.6 is 0 Å². The third kappa shape index (κ3) is 4.71. The van der Waals surface area contributed by atoms with Gasteiger partial charge in [-0.1, -0.05) is 74.6 Å². The zero-order chi connectivity index (χ0) is 20.8. The van der Waals surface area contributed by atoms with Gasteiger partial charge in [-0.2, -0.15) is 0 Å². The van der Waals surface area contributed by atoms with Crippen LogP contribution in [0.2, 0.25) is 0 Å². The van der Waals surface area contributed by atoms with E-state index in [1.807, 2.05) is 13.0 Å². The maximum Gasteiger partial charge on any atom is 0.0973 e. The molecule has 0 aliphatic carbocycles. The number of hydrogen-bond acceptors (Lipinski definition) is 2. The number of benzene rings is 1. The lowest BCUT2D eigenvalue weighted by Crippen LogP contribution is -1.98. The number of rotatable bonds is 6. The van der Waals surface area contributed by atoms with Crippen LogP contribution in [-0.2, 0) is 0 Å². The van der Waals surface area contributed by atoms with Crippen molar-refractivity contribution in [3.63, 3.8) is 0 Å². The maximum absolute atomic E-state index is 4.90. The van der Waals surface area contributed by atoms with Crippen LogP contribution in [-0.4, -0.2) is 9.97 Å². The van der Waals surface area contributed by atoms with Crippen molar-refractivity contribution in [2.75, 3.05) is 0 Å². The molecule has 29 heavy (non-hydrogen) atoms. The number of pyridine rings is 2. The average molecular weight is 383 g/mol. The number of hydrogen-bond donors (Lipinski definition) is 0. The Morgan fingerprint density at radius 2 is 1.59 bits per heavy atom. The van der Waals surface area contributed by atoms with Gasteiger partial charge in [-0.3, -0.25) is 9.97 Å². The first-order valence-electron chi connectivity index (χ1n) is 10.4. The van der Waals surface area contributed by atoms with E-state index in [4.69, 9.17) is 9.97 Å². The summed E-state index contributed by atoms with van der Waals surface area (Å²) in [6.45, 7) is 10.5. The third-order valence-corrected chi connectivity index (χ3v) is 5.03. The van der Waals surface area contributed by atoms with Crippen molar-refractivity contribution < 1.29 is 0 Å². The van der Waals surface area contributed by atoms with Crippen molar-refractivity contribution in [2.24, 2.45) is 0 Å². The molecule has 2 heterocycles. The van der Waals surface area contributed by atoms with Gasteiger partial charge in [-0.15, -0.1) is 0 Å². The molecule has 0 saturated carbocycles. The zero-order valence-electron chi connectivity index (χ0n) is 18.1. The molecular formula is C27H30N2. The SMILES string of the molecule is C/C=C\C=C/C(C)c1cc(C)nc2c1ccc1c(/C=C/C=C\CC)cc(C)nc12. The molecule has 0 aliphatic rings. The maximum atomic E-state index is 4.90. The summed E-state index contributed by atoms with van der Waals surface area (Å²) in [5.41, 5.74) is 6.48. The molecule has 1 atom stereocenters. The van der Waals surface area contributed by atoms with Gasteiger partial charge >= 0.3 is 0 Å².